The van der Waals surface area contributed by atoms with Gasteiger partial charge in [-0.1, -0.05) is 62.2 Å². The fraction of sp³-hybridized carbons (Fsp3) is 0.467. The van der Waals surface area contributed by atoms with Gasteiger partial charge in [0.1, 0.15) is 0 Å². The monoisotopic (exact) mass is 200 g/mol. The first kappa shape index (κ1) is 10.5. The van der Waals surface area contributed by atoms with Gasteiger partial charge in [0.25, 0.3) is 0 Å². The highest BCUT2D eigenvalue weighted by atomic mass is 14.7. The van der Waals surface area contributed by atoms with Crippen molar-refractivity contribution in [3.05, 3.63) is 47.0 Å². The van der Waals surface area contributed by atoms with Gasteiger partial charge in [0, 0.05) is 5.41 Å². The maximum atomic E-state index is 2.37. The van der Waals surface area contributed by atoms with Crippen molar-refractivity contribution in [2.45, 2.75) is 40.0 Å². The van der Waals surface area contributed by atoms with Crippen molar-refractivity contribution in [1.82, 2.24) is 0 Å². The highest BCUT2D eigenvalue weighted by Crippen LogP contribution is 2.69. The number of hydrogen-bond acceptors (Lipinski definition) is 0. The third-order valence-corrected chi connectivity index (χ3v) is 4.16. The lowest BCUT2D eigenvalue weighted by Gasteiger charge is -2.13. The summed E-state index contributed by atoms with van der Waals surface area (Å²) in [5, 5.41) is 0. The van der Waals surface area contributed by atoms with Gasteiger partial charge in [-0.05, 0) is 24.8 Å². The lowest BCUT2D eigenvalue weighted by Crippen LogP contribution is -2.08. The van der Waals surface area contributed by atoms with Crippen LogP contribution in [0.15, 0.2) is 41.5 Å². The summed E-state index contributed by atoms with van der Waals surface area (Å²) in [6.07, 6.45) is 0. The molecule has 0 amide bonds. The summed E-state index contributed by atoms with van der Waals surface area (Å²) in [4.78, 5) is 0. The molecule has 80 valence electrons. The molecule has 1 aliphatic carbocycles. The molecule has 1 aliphatic rings. The van der Waals surface area contributed by atoms with Gasteiger partial charge >= 0.3 is 0 Å². The molecule has 0 heteroatoms. The molecule has 15 heavy (non-hydrogen) atoms. The van der Waals surface area contributed by atoms with Crippen molar-refractivity contribution >= 4 is 0 Å². The minimum atomic E-state index is 0.257. The zero-order valence-electron chi connectivity index (χ0n) is 10.4. The Kier molecular flexibility index (Phi) is 2.08. The lowest BCUT2D eigenvalue weighted by molar-refractivity contribution is 0.530. The van der Waals surface area contributed by atoms with Gasteiger partial charge in [0.15, 0.2) is 0 Å². The Morgan fingerprint density at radius 1 is 0.933 bits per heavy atom. The summed E-state index contributed by atoms with van der Waals surface area (Å²) in [5.41, 5.74) is 5.12. The van der Waals surface area contributed by atoms with E-state index in [0.717, 1.165) is 0 Å². The van der Waals surface area contributed by atoms with E-state index >= 15 is 0 Å². The summed E-state index contributed by atoms with van der Waals surface area (Å²) in [5.74, 6) is 0. The van der Waals surface area contributed by atoms with Gasteiger partial charge in [0.2, 0.25) is 0 Å². The average molecular weight is 200 g/mol. The van der Waals surface area contributed by atoms with E-state index in [2.05, 4.69) is 65.0 Å². The molecule has 0 heterocycles. The van der Waals surface area contributed by atoms with Crippen molar-refractivity contribution in [2.24, 2.45) is 5.41 Å². The minimum Gasteiger partial charge on any atom is -0.0757 e. The molecule has 1 aromatic rings. The smallest absolute Gasteiger partial charge is 0.0230 e. The molecule has 0 aromatic heterocycles. The Morgan fingerprint density at radius 2 is 1.47 bits per heavy atom. The molecular weight excluding hydrogens is 180 g/mol. The molecule has 1 saturated carbocycles. The van der Waals surface area contributed by atoms with Crippen LogP contribution in [-0.2, 0) is 5.41 Å². The first-order valence-electron chi connectivity index (χ1n) is 5.66. The highest BCUT2D eigenvalue weighted by Gasteiger charge is 2.64. The van der Waals surface area contributed by atoms with Crippen molar-refractivity contribution in [3.63, 3.8) is 0 Å². The Bertz CT molecular complexity index is 405. The van der Waals surface area contributed by atoms with Crippen LogP contribution in [-0.4, -0.2) is 0 Å². The second-order valence-electron chi connectivity index (χ2n) is 5.49. The molecule has 1 atom stereocenters. The highest BCUT2D eigenvalue weighted by molar-refractivity contribution is 5.58. The largest absolute Gasteiger partial charge is 0.0757 e. The van der Waals surface area contributed by atoms with E-state index in [1.54, 1.807) is 5.57 Å². The molecular formula is C15H20. The van der Waals surface area contributed by atoms with Gasteiger partial charge < -0.3 is 0 Å². The second kappa shape index (κ2) is 2.98. The predicted molar refractivity (Wildman–Crippen MR) is 65.9 cm³/mol. The molecule has 0 bridgehead atoms. The molecule has 0 N–H and O–H groups in total. The Morgan fingerprint density at radius 3 is 1.87 bits per heavy atom. The summed E-state index contributed by atoms with van der Waals surface area (Å²) in [6.45, 7) is 11.5. The summed E-state index contributed by atoms with van der Waals surface area (Å²) < 4.78 is 0. The van der Waals surface area contributed by atoms with Gasteiger partial charge in [-0.15, -0.1) is 0 Å². The van der Waals surface area contributed by atoms with Crippen LogP contribution in [0.5, 0.6) is 0 Å². The normalized spacial score (nSPS) is 27.7. The molecule has 1 fully saturated rings. The van der Waals surface area contributed by atoms with Gasteiger partial charge in [-0.25, -0.2) is 0 Å². The fourth-order valence-corrected chi connectivity index (χ4v) is 3.25. The maximum absolute atomic E-state index is 2.37. The van der Waals surface area contributed by atoms with Crippen molar-refractivity contribution in [3.8, 4) is 0 Å². The van der Waals surface area contributed by atoms with E-state index in [1.807, 2.05) is 0 Å². The second-order valence-corrected chi connectivity index (χ2v) is 5.49. The molecule has 1 aromatic carbocycles. The van der Waals surface area contributed by atoms with Crippen LogP contribution >= 0.6 is 0 Å². The number of hydrogen-bond donors (Lipinski definition) is 0. The predicted octanol–water partition coefficient (Wildman–Crippen LogP) is 4.32. The molecule has 2 rings (SSSR count). The molecule has 0 saturated heterocycles. The van der Waals surface area contributed by atoms with Crippen LogP contribution in [0.25, 0.3) is 0 Å². The number of rotatable bonds is 1. The zero-order valence-corrected chi connectivity index (χ0v) is 10.4. The molecule has 0 spiro atoms. The van der Waals surface area contributed by atoms with Gasteiger partial charge in [-0.3, -0.25) is 0 Å². The van der Waals surface area contributed by atoms with Crippen molar-refractivity contribution in [2.75, 3.05) is 0 Å². The number of allylic oxidation sites excluding steroid dienone is 2. The number of benzene rings is 1. The average Bonchev–Trinajstić information content (AvgIpc) is 2.64. The molecule has 0 unspecified atom stereocenters. The summed E-state index contributed by atoms with van der Waals surface area (Å²) in [6, 6.07) is 10.9. The summed E-state index contributed by atoms with van der Waals surface area (Å²) >= 11 is 0. The quantitative estimate of drug-likeness (QED) is 0.592. The van der Waals surface area contributed by atoms with Gasteiger partial charge in [0.05, 0.1) is 0 Å². The first-order valence-corrected chi connectivity index (χ1v) is 5.66. The van der Waals surface area contributed by atoms with Crippen LogP contribution in [0, 0.1) is 5.41 Å². The van der Waals surface area contributed by atoms with E-state index in [1.165, 1.54) is 11.1 Å². The zero-order chi connectivity index (χ0) is 11.3. The van der Waals surface area contributed by atoms with Crippen LogP contribution in [0.3, 0.4) is 0 Å². The van der Waals surface area contributed by atoms with Crippen LogP contribution in [0.2, 0.25) is 0 Å². The Balaban J connectivity index is 2.53. The lowest BCUT2D eigenvalue weighted by atomic mass is 9.90. The fourth-order valence-electron chi connectivity index (χ4n) is 3.25. The maximum Gasteiger partial charge on any atom is 0.0230 e. The first-order chi connectivity index (χ1) is 6.92. The van der Waals surface area contributed by atoms with Crippen LogP contribution in [0.4, 0.5) is 0 Å². The van der Waals surface area contributed by atoms with E-state index < -0.39 is 0 Å². The SMILES string of the molecule is CC(C)=C1C(C)(C)[C@@]1(C)c1ccccc1. The van der Waals surface area contributed by atoms with Crippen LogP contribution < -0.4 is 0 Å². The topological polar surface area (TPSA) is 0 Å². The summed E-state index contributed by atoms with van der Waals surface area (Å²) in [7, 11) is 0. The van der Waals surface area contributed by atoms with E-state index in [-0.39, 0.29) is 5.41 Å². The molecule has 0 radical (unpaired) electrons. The minimum absolute atomic E-state index is 0.257. The molecule has 0 aliphatic heterocycles. The van der Waals surface area contributed by atoms with E-state index in [4.69, 9.17) is 0 Å². The Hall–Kier alpha value is -1.04. The van der Waals surface area contributed by atoms with E-state index in [0.29, 0.717) is 5.41 Å². The van der Waals surface area contributed by atoms with E-state index in [9.17, 15) is 0 Å². The standard InChI is InChI=1S/C15H20/c1-11(2)13-14(3,4)15(13,5)12-9-7-6-8-10-12/h6-10H,1-5H3/t15-/m0/s1. The van der Waals surface area contributed by atoms with Crippen molar-refractivity contribution < 1.29 is 0 Å². The third kappa shape index (κ3) is 1.20. The van der Waals surface area contributed by atoms with Crippen molar-refractivity contribution in [1.29, 1.82) is 0 Å². The third-order valence-electron chi connectivity index (χ3n) is 4.16. The Labute approximate surface area is 93.0 Å². The van der Waals surface area contributed by atoms with Gasteiger partial charge in [-0.2, -0.15) is 0 Å². The van der Waals surface area contributed by atoms with Crippen LogP contribution in [0.1, 0.15) is 40.2 Å². The molecule has 0 nitrogen and oxygen atoms in total.